The average molecular weight is 296 g/mol. The van der Waals surface area contributed by atoms with Crippen molar-refractivity contribution in [2.75, 3.05) is 32.1 Å². The SMILES string of the molecule is CCc1ccccc1N(CC(C)CN(C)C)c1ccccc1. The number of nitrogens with zero attached hydrogens (tertiary/aromatic N) is 2. The van der Waals surface area contributed by atoms with Crippen molar-refractivity contribution in [2.24, 2.45) is 5.92 Å². The summed E-state index contributed by atoms with van der Waals surface area (Å²) in [6, 6.07) is 19.5. The highest BCUT2D eigenvalue weighted by Gasteiger charge is 2.16. The molecule has 2 heteroatoms. The summed E-state index contributed by atoms with van der Waals surface area (Å²) in [5.74, 6) is 0.597. The Labute approximate surface area is 135 Å². The molecule has 118 valence electrons. The standard InChI is InChI=1S/C20H28N2/c1-5-18-11-9-10-14-20(18)22(16-17(2)15-21(3)4)19-12-7-6-8-13-19/h6-14,17H,5,15-16H2,1-4H3. The maximum Gasteiger partial charge on any atom is 0.0443 e. The van der Waals surface area contributed by atoms with Crippen LogP contribution >= 0.6 is 0 Å². The van der Waals surface area contributed by atoms with E-state index < -0.39 is 0 Å². The van der Waals surface area contributed by atoms with E-state index in [1.165, 1.54) is 16.9 Å². The van der Waals surface area contributed by atoms with E-state index in [1.807, 2.05) is 0 Å². The molecule has 1 unspecified atom stereocenters. The number of benzene rings is 2. The summed E-state index contributed by atoms with van der Waals surface area (Å²) in [4.78, 5) is 4.73. The topological polar surface area (TPSA) is 6.48 Å². The summed E-state index contributed by atoms with van der Waals surface area (Å²) in [5.41, 5.74) is 4.01. The van der Waals surface area contributed by atoms with Crippen LogP contribution < -0.4 is 4.90 Å². The molecule has 0 saturated carbocycles. The second-order valence-electron chi connectivity index (χ2n) is 6.30. The first kappa shape index (κ1) is 16.6. The predicted molar refractivity (Wildman–Crippen MR) is 97.0 cm³/mol. The molecule has 0 amide bonds. The second-order valence-corrected chi connectivity index (χ2v) is 6.30. The summed E-state index contributed by atoms with van der Waals surface area (Å²) >= 11 is 0. The van der Waals surface area contributed by atoms with Crippen LogP contribution in [0.5, 0.6) is 0 Å². The van der Waals surface area contributed by atoms with E-state index in [1.54, 1.807) is 0 Å². The van der Waals surface area contributed by atoms with Crippen molar-refractivity contribution >= 4 is 11.4 Å². The van der Waals surface area contributed by atoms with Crippen LogP contribution in [0.4, 0.5) is 11.4 Å². The van der Waals surface area contributed by atoms with Gasteiger partial charge >= 0.3 is 0 Å². The lowest BCUT2D eigenvalue weighted by atomic mass is 10.1. The van der Waals surface area contributed by atoms with Gasteiger partial charge in [0.05, 0.1) is 0 Å². The van der Waals surface area contributed by atoms with Crippen molar-refractivity contribution < 1.29 is 0 Å². The fourth-order valence-corrected chi connectivity index (χ4v) is 3.02. The number of para-hydroxylation sites is 2. The molecule has 0 heterocycles. The minimum absolute atomic E-state index is 0.597. The van der Waals surface area contributed by atoms with Crippen LogP contribution in [0.3, 0.4) is 0 Å². The smallest absolute Gasteiger partial charge is 0.0443 e. The zero-order valence-electron chi connectivity index (χ0n) is 14.3. The molecular formula is C20H28N2. The van der Waals surface area contributed by atoms with Gasteiger partial charge < -0.3 is 9.80 Å². The van der Waals surface area contributed by atoms with Gasteiger partial charge in [0.2, 0.25) is 0 Å². The Kier molecular flexibility index (Phi) is 6.02. The molecule has 2 rings (SSSR count). The van der Waals surface area contributed by atoms with E-state index in [2.05, 4.69) is 92.3 Å². The Balaban J connectivity index is 2.33. The van der Waals surface area contributed by atoms with E-state index in [0.29, 0.717) is 5.92 Å². The van der Waals surface area contributed by atoms with Crippen molar-refractivity contribution in [3.05, 3.63) is 60.2 Å². The van der Waals surface area contributed by atoms with E-state index in [-0.39, 0.29) is 0 Å². The number of hydrogen-bond acceptors (Lipinski definition) is 2. The second kappa shape index (κ2) is 8.00. The monoisotopic (exact) mass is 296 g/mol. The molecule has 0 aliphatic rings. The molecule has 0 N–H and O–H groups in total. The van der Waals surface area contributed by atoms with Gasteiger partial charge in [-0.25, -0.2) is 0 Å². The van der Waals surface area contributed by atoms with Gasteiger partial charge in [0.1, 0.15) is 0 Å². The van der Waals surface area contributed by atoms with Crippen molar-refractivity contribution in [3.63, 3.8) is 0 Å². The van der Waals surface area contributed by atoms with Gasteiger partial charge in [-0.1, -0.05) is 50.2 Å². The Bertz CT molecular complexity index is 563. The third kappa shape index (κ3) is 4.35. The van der Waals surface area contributed by atoms with Crippen molar-refractivity contribution in [2.45, 2.75) is 20.3 Å². The van der Waals surface area contributed by atoms with Crippen LogP contribution in [0.15, 0.2) is 54.6 Å². The third-order valence-corrected chi connectivity index (χ3v) is 3.90. The molecule has 0 aliphatic heterocycles. The van der Waals surface area contributed by atoms with Gasteiger partial charge in [-0.15, -0.1) is 0 Å². The van der Waals surface area contributed by atoms with Crippen LogP contribution in [0, 0.1) is 5.92 Å². The van der Waals surface area contributed by atoms with Gasteiger partial charge in [-0.3, -0.25) is 0 Å². The number of hydrogen-bond donors (Lipinski definition) is 0. The van der Waals surface area contributed by atoms with Crippen molar-refractivity contribution in [1.29, 1.82) is 0 Å². The molecule has 1 atom stereocenters. The molecular weight excluding hydrogens is 268 g/mol. The minimum Gasteiger partial charge on any atom is -0.341 e. The molecule has 0 fully saturated rings. The normalized spacial score (nSPS) is 12.4. The summed E-state index contributed by atoms with van der Waals surface area (Å²) in [6.45, 7) is 6.67. The molecule has 22 heavy (non-hydrogen) atoms. The Morgan fingerprint density at radius 1 is 0.864 bits per heavy atom. The first-order valence-corrected chi connectivity index (χ1v) is 8.17. The van der Waals surface area contributed by atoms with E-state index in [0.717, 1.165) is 19.5 Å². The lowest BCUT2D eigenvalue weighted by molar-refractivity contribution is 0.343. The number of anilines is 2. The molecule has 2 aromatic carbocycles. The lowest BCUT2D eigenvalue weighted by Crippen LogP contribution is -2.30. The van der Waals surface area contributed by atoms with Crippen molar-refractivity contribution in [1.82, 2.24) is 4.90 Å². The first-order chi connectivity index (χ1) is 10.6. The number of aryl methyl sites for hydroxylation is 1. The van der Waals surface area contributed by atoms with Gasteiger partial charge in [0.15, 0.2) is 0 Å². The fraction of sp³-hybridized carbons (Fsp3) is 0.400. The summed E-state index contributed by atoms with van der Waals surface area (Å²) in [5, 5.41) is 0. The maximum absolute atomic E-state index is 2.47. The lowest BCUT2D eigenvalue weighted by Gasteiger charge is -2.31. The van der Waals surface area contributed by atoms with E-state index in [9.17, 15) is 0 Å². The Morgan fingerprint density at radius 2 is 1.50 bits per heavy atom. The van der Waals surface area contributed by atoms with E-state index in [4.69, 9.17) is 0 Å². The van der Waals surface area contributed by atoms with E-state index >= 15 is 0 Å². The fourth-order valence-electron chi connectivity index (χ4n) is 3.02. The van der Waals surface area contributed by atoms with Crippen LogP contribution in [0.2, 0.25) is 0 Å². The van der Waals surface area contributed by atoms with Crippen LogP contribution in [-0.2, 0) is 6.42 Å². The molecule has 0 aliphatic carbocycles. The predicted octanol–water partition coefficient (Wildman–Crippen LogP) is 4.58. The van der Waals surface area contributed by atoms with Crippen LogP contribution in [0.25, 0.3) is 0 Å². The van der Waals surface area contributed by atoms with Gasteiger partial charge in [0.25, 0.3) is 0 Å². The Hall–Kier alpha value is -1.80. The highest BCUT2D eigenvalue weighted by molar-refractivity contribution is 5.66. The molecule has 0 bridgehead atoms. The highest BCUT2D eigenvalue weighted by Crippen LogP contribution is 2.29. The molecule has 0 aromatic heterocycles. The average Bonchev–Trinajstić information content (AvgIpc) is 2.53. The highest BCUT2D eigenvalue weighted by atomic mass is 15.1. The van der Waals surface area contributed by atoms with Gasteiger partial charge in [-0.2, -0.15) is 0 Å². The minimum atomic E-state index is 0.597. The molecule has 0 saturated heterocycles. The van der Waals surface area contributed by atoms with Gasteiger partial charge in [0, 0.05) is 24.5 Å². The van der Waals surface area contributed by atoms with Crippen molar-refractivity contribution in [3.8, 4) is 0 Å². The van der Waals surface area contributed by atoms with Gasteiger partial charge in [-0.05, 0) is 50.2 Å². The molecule has 2 aromatic rings. The maximum atomic E-state index is 2.47. The summed E-state index contributed by atoms with van der Waals surface area (Å²) in [7, 11) is 4.28. The number of rotatable bonds is 7. The zero-order valence-corrected chi connectivity index (χ0v) is 14.3. The quantitative estimate of drug-likeness (QED) is 0.737. The first-order valence-electron chi connectivity index (χ1n) is 8.17. The zero-order chi connectivity index (χ0) is 15.9. The summed E-state index contributed by atoms with van der Waals surface area (Å²) < 4.78 is 0. The third-order valence-electron chi connectivity index (χ3n) is 3.90. The summed E-state index contributed by atoms with van der Waals surface area (Å²) in [6.07, 6.45) is 1.06. The largest absolute Gasteiger partial charge is 0.341 e. The van der Waals surface area contributed by atoms with Crippen LogP contribution in [-0.4, -0.2) is 32.1 Å². The van der Waals surface area contributed by atoms with Crippen LogP contribution in [0.1, 0.15) is 19.4 Å². The Morgan fingerprint density at radius 3 is 2.14 bits per heavy atom. The molecule has 2 nitrogen and oxygen atoms in total. The molecule has 0 radical (unpaired) electrons. The molecule has 0 spiro atoms.